The standard InChI is InChI=1S/C13H19N3O2/c1-11(17)12-5-3-7-15-13(12)16(8-4-6-14)9-10-18-2/h3,5,7,11,17H,4,8-10H2,1-2H3/t11-/m0/s1. The Balaban J connectivity index is 2.92. The number of rotatable bonds is 7. The Morgan fingerprint density at radius 3 is 2.94 bits per heavy atom. The SMILES string of the molecule is COCCN(CCC#N)c1ncccc1[C@H](C)O. The number of nitrogens with zero attached hydrogens (tertiary/aromatic N) is 3. The summed E-state index contributed by atoms with van der Waals surface area (Å²) >= 11 is 0. The van der Waals surface area contributed by atoms with E-state index < -0.39 is 6.10 Å². The van der Waals surface area contributed by atoms with Gasteiger partial charge in [-0.25, -0.2) is 4.98 Å². The molecule has 98 valence electrons. The molecule has 5 heteroatoms. The highest BCUT2D eigenvalue weighted by Crippen LogP contribution is 2.23. The minimum absolute atomic E-state index is 0.416. The lowest BCUT2D eigenvalue weighted by Crippen LogP contribution is -2.30. The Kier molecular flexibility index (Phi) is 6.12. The van der Waals surface area contributed by atoms with E-state index in [1.54, 1.807) is 26.3 Å². The first-order valence-corrected chi connectivity index (χ1v) is 5.94. The van der Waals surface area contributed by atoms with Crippen molar-refractivity contribution in [3.63, 3.8) is 0 Å². The van der Waals surface area contributed by atoms with E-state index in [4.69, 9.17) is 10.00 Å². The van der Waals surface area contributed by atoms with Crippen LogP contribution in [0.2, 0.25) is 0 Å². The van der Waals surface area contributed by atoms with Crippen LogP contribution in [0.4, 0.5) is 5.82 Å². The normalized spacial score (nSPS) is 11.9. The highest BCUT2D eigenvalue weighted by atomic mass is 16.5. The second-order valence-electron chi connectivity index (χ2n) is 3.98. The van der Waals surface area contributed by atoms with Gasteiger partial charge in [0.05, 0.1) is 25.2 Å². The third kappa shape index (κ3) is 3.99. The van der Waals surface area contributed by atoms with Gasteiger partial charge in [0.2, 0.25) is 0 Å². The molecule has 0 fully saturated rings. The van der Waals surface area contributed by atoms with Gasteiger partial charge in [0.25, 0.3) is 0 Å². The summed E-state index contributed by atoms with van der Waals surface area (Å²) in [7, 11) is 1.64. The van der Waals surface area contributed by atoms with E-state index in [-0.39, 0.29) is 0 Å². The van der Waals surface area contributed by atoms with Crippen molar-refractivity contribution in [2.75, 3.05) is 31.7 Å². The topological polar surface area (TPSA) is 69.4 Å². The van der Waals surface area contributed by atoms with E-state index in [2.05, 4.69) is 11.1 Å². The molecule has 5 nitrogen and oxygen atoms in total. The van der Waals surface area contributed by atoms with Gasteiger partial charge in [-0.3, -0.25) is 0 Å². The number of aliphatic hydroxyl groups is 1. The van der Waals surface area contributed by atoms with E-state index in [0.717, 1.165) is 11.4 Å². The van der Waals surface area contributed by atoms with Crippen LogP contribution in [-0.4, -0.2) is 36.9 Å². The molecular weight excluding hydrogens is 230 g/mol. The summed E-state index contributed by atoms with van der Waals surface area (Å²) in [4.78, 5) is 6.27. The number of hydrogen-bond donors (Lipinski definition) is 1. The maximum atomic E-state index is 9.74. The van der Waals surface area contributed by atoms with Crippen molar-refractivity contribution in [2.24, 2.45) is 0 Å². The lowest BCUT2D eigenvalue weighted by Gasteiger charge is -2.25. The van der Waals surface area contributed by atoms with Crippen LogP contribution in [0.3, 0.4) is 0 Å². The largest absolute Gasteiger partial charge is 0.389 e. The van der Waals surface area contributed by atoms with Crippen molar-refractivity contribution in [1.29, 1.82) is 5.26 Å². The fourth-order valence-corrected chi connectivity index (χ4v) is 1.71. The van der Waals surface area contributed by atoms with Gasteiger partial charge in [-0.15, -0.1) is 0 Å². The average Bonchev–Trinajstić information content (AvgIpc) is 2.39. The van der Waals surface area contributed by atoms with Crippen LogP contribution >= 0.6 is 0 Å². The zero-order valence-corrected chi connectivity index (χ0v) is 10.8. The van der Waals surface area contributed by atoms with E-state index in [9.17, 15) is 5.11 Å². The molecule has 1 aromatic rings. The van der Waals surface area contributed by atoms with Crippen molar-refractivity contribution in [1.82, 2.24) is 4.98 Å². The first-order valence-electron chi connectivity index (χ1n) is 5.94. The lowest BCUT2D eigenvalue weighted by molar-refractivity contribution is 0.196. The summed E-state index contributed by atoms with van der Waals surface area (Å²) in [5.74, 6) is 0.722. The van der Waals surface area contributed by atoms with Crippen molar-refractivity contribution in [3.05, 3.63) is 23.9 Å². The highest BCUT2D eigenvalue weighted by Gasteiger charge is 2.15. The van der Waals surface area contributed by atoms with Gasteiger partial charge >= 0.3 is 0 Å². The Labute approximate surface area is 108 Å². The molecule has 1 atom stereocenters. The van der Waals surface area contributed by atoms with E-state index >= 15 is 0 Å². The Morgan fingerprint density at radius 1 is 1.56 bits per heavy atom. The molecule has 1 N–H and O–H groups in total. The fraction of sp³-hybridized carbons (Fsp3) is 0.538. The number of aliphatic hydroxyl groups excluding tert-OH is 1. The van der Waals surface area contributed by atoms with E-state index in [1.807, 2.05) is 11.0 Å². The second-order valence-corrected chi connectivity index (χ2v) is 3.98. The maximum Gasteiger partial charge on any atom is 0.134 e. The van der Waals surface area contributed by atoms with Gasteiger partial charge in [0.15, 0.2) is 0 Å². The number of methoxy groups -OCH3 is 1. The number of anilines is 1. The number of nitriles is 1. The summed E-state index contributed by atoms with van der Waals surface area (Å²) in [6.07, 6.45) is 1.52. The summed E-state index contributed by atoms with van der Waals surface area (Å²) < 4.78 is 5.06. The van der Waals surface area contributed by atoms with Crippen LogP contribution in [-0.2, 0) is 4.74 Å². The summed E-state index contributed by atoms with van der Waals surface area (Å²) in [5, 5.41) is 18.4. The van der Waals surface area contributed by atoms with Crippen LogP contribution in [0.25, 0.3) is 0 Å². The molecule has 18 heavy (non-hydrogen) atoms. The van der Waals surface area contributed by atoms with Crippen molar-refractivity contribution < 1.29 is 9.84 Å². The highest BCUT2D eigenvalue weighted by molar-refractivity contribution is 5.47. The quantitative estimate of drug-likeness (QED) is 0.793. The van der Waals surface area contributed by atoms with Gasteiger partial charge in [0.1, 0.15) is 5.82 Å². The third-order valence-electron chi connectivity index (χ3n) is 2.63. The zero-order valence-electron chi connectivity index (χ0n) is 10.8. The minimum atomic E-state index is -0.583. The van der Waals surface area contributed by atoms with Crippen LogP contribution in [0.15, 0.2) is 18.3 Å². The number of pyridine rings is 1. The number of aromatic nitrogens is 1. The molecule has 0 saturated carbocycles. The predicted octanol–water partition coefficient (Wildman–Crippen LogP) is 1.50. The first-order chi connectivity index (χ1) is 8.70. The van der Waals surface area contributed by atoms with Gasteiger partial charge in [-0.05, 0) is 13.0 Å². The van der Waals surface area contributed by atoms with Gasteiger partial charge in [-0.1, -0.05) is 6.07 Å². The molecule has 0 spiro atoms. The third-order valence-corrected chi connectivity index (χ3v) is 2.63. The monoisotopic (exact) mass is 249 g/mol. The number of ether oxygens (including phenoxy) is 1. The smallest absolute Gasteiger partial charge is 0.134 e. The van der Waals surface area contributed by atoms with Gasteiger partial charge < -0.3 is 14.7 Å². The van der Waals surface area contributed by atoms with Crippen LogP contribution in [0.5, 0.6) is 0 Å². The molecule has 0 aliphatic carbocycles. The molecule has 0 aliphatic heterocycles. The molecule has 1 rings (SSSR count). The molecule has 0 amide bonds. The summed E-state index contributed by atoms with van der Waals surface area (Å²) in [5.41, 5.74) is 0.770. The average molecular weight is 249 g/mol. The molecular formula is C13H19N3O2. The van der Waals surface area contributed by atoms with Gasteiger partial charge in [-0.2, -0.15) is 5.26 Å². The molecule has 0 aromatic carbocycles. The maximum absolute atomic E-state index is 9.74. The van der Waals surface area contributed by atoms with Crippen molar-refractivity contribution >= 4 is 5.82 Å². The first kappa shape index (κ1) is 14.4. The minimum Gasteiger partial charge on any atom is -0.389 e. The summed E-state index contributed by atoms with van der Waals surface area (Å²) in [6, 6.07) is 5.76. The molecule has 0 aliphatic rings. The molecule has 0 unspecified atom stereocenters. The molecule has 1 heterocycles. The Morgan fingerprint density at radius 2 is 2.33 bits per heavy atom. The van der Waals surface area contributed by atoms with Crippen LogP contribution in [0, 0.1) is 11.3 Å². The number of hydrogen-bond acceptors (Lipinski definition) is 5. The predicted molar refractivity (Wildman–Crippen MR) is 69.2 cm³/mol. The zero-order chi connectivity index (χ0) is 13.4. The summed E-state index contributed by atoms with van der Waals surface area (Å²) in [6.45, 7) is 3.49. The molecule has 1 aromatic heterocycles. The Bertz CT molecular complexity index is 401. The van der Waals surface area contributed by atoms with Gasteiger partial charge in [0, 0.05) is 32.0 Å². The van der Waals surface area contributed by atoms with Crippen LogP contribution in [0.1, 0.15) is 25.0 Å². The Hall–Kier alpha value is -1.64. The van der Waals surface area contributed by atoms with Crippen molar-refractivity contribution in [2.45, 2.75) is 19.4 Å². The second kappa shape index (κ2) is 7.64. The van der Waals surface area contributed by atoms with Crippen molar-refractivity contribution in [3.8, 4) is 6.07 Å². The molecule has 0 bridgehead atoms. The van der Waals surface area contributed by atoms with E-state index in [0.29, 0.717) is 26.1 Å². The molecule has 0 radical (unpaired) electrons. The van der Waals surface area contributed by atoms with Crippen LogP contribution < -0.4 is 4.90 Å². The molecule has 0 saturated heterocycles. The fourth-order valence-electron chi connectivity index (χ4n) is 1.71. The lowest BCUT2D eigenvalue weighted by atomic mass is 10.1. The van der Waals surface area contributed by atoms with E-state index in [1.165, 1.54) is 0 Å².